The molecule has 158 valence electrons. The van der Waals surface area contributed by atoms with Crippen molar-refractivity contribution in [2.75, 3.05) is 11.9 Å². The molecule has 0 aliphatic heterocycles. The Kier molecular flexibility index (Phi) is 8.23. The minimum Gasteiger partial charge on any atom is -0.494 e. The van der Waals surface area contributed by atoms with Crippen LogP contribution in [0.2, 0.25) is 0 Å². The third-order valence-electron chi connectivity index (χ3n) is 5.12. The Morgan fingerprint density at radius 1 is 1.20 bits per heavy atom. The number of anilines is 1. The van der Waals surface area contributed by atoms with Crippen LogP contribution < -0.4 is 15.4 Å². The lowest BCUT2D eigenvalue weighted by atomic mass is 10.1. The summed E-state index contributed by atoms with van der Waals surface area (Å²) in [5.41, 5.74) is 2.28. The summed E-state index contributed by atoms with van der Waals surface area (Å²) in [6, 6.07) is 9.32. The van der Waals surface area contributed by atoms with E-state index in [4.69, 9.17) is 17.0 Å². The number of amides is 1. The smallest absolute Gasteiger partial charge is 0.257 e. The molecule has 1 aliphatic carbocycles. The number of unbranched alkanes of at least 4 members (excludes halogenated alkanes) is 4. The summed E-state index contributed by atoms with van der Waals surface area (Å²) in [5, 5.41) is 16.1. The summed E-state index contributed by atoms with van der Waals surface area (Å²) in [6.07, 6.45) is 9.00. The molecule has 3 rings (SSSR count). The molecular formula is C23H27N3O2S2. The molecule has 5 nitrogen and oxygen atoms in total. The molecule has 1 aromatic carbocycles. The normalized spacial score (nSPS) is 12.1. The van der Waals surface area contributed by atoms with Crippen molar-refractivity contribution in [2.24, 2.45) is 0 Å². The van der Waals surface area contributed by atoms with Crippen LogP contribution in [0.3, 0.4) is 0 Å². The Morgan fingerprint density at radius 2 is 1.97 bits per heavy atom. The number of carbonyl (C=O) groups excluding carboxylic acids is 1. The van der Waals surface area contributed by atoms with Gasteiger partial charge in [-0.2, -0.15) is 5.26 Å². The van der Waals surface area contributed by atoms with E-state index in [1.807, 2.05) is 0 Å². The highest BCUT2D eigenvalue weighted by molar-refractivity contribution is 7.80. The van der Waals surface area contributed by atoms with Gasteiger partial charge in [0.25, 0.3) is 5.91 Å². The number of aryl methyl sites for hydroxylation is 1. The second-order valence-corrected chi connectivity index (χ2v) is 8.88. The first kappa shape index (κ1) is 22.3. The molecule has 0 saturated carbocycles. The minimum absolute atomic E-state index is 0.198. The molecule has 1 aliphatic rings. The van der Waals surface area contributed by atoms with E-state index in [0.717, 1.165) is 42.0 Å². The first-order chi connectivity index (χ1) is 14.6. The van der Waals surface area contributed by atoms with Gasteiger partial charge in [0.1, 0.15) is 16.8 Å². The van der Waals surface area contributed by atoms with Crippen LogP contribution in [0.1, 0.15) is 71.8 Å². The Hall–Kier alpha value is -2.43. The van der Waals surface area contributed by atoms with Gasteiger partial charge in [-0.05, 0) is 67.7 Å². The first-order valence-electron chi connectivity index (χ1n) is 10.5. The largest absolute Gasteiger partial charge is 0.494 e. The van der Waals surface area contributed by atoms with Gasteiger partial charge in [0.2, 0.25) is 0 Å². The topological polar surface area (TPSA) is 74.2 Å². The fraction of sp³-hybridized carbons (Fsp3) is 0.435. The van der Waals surface area contributed by atoms with Gasteiger partial charge < -0.3 is 10.1 Å². The number of hydrogen-bond donors (Lipinski definition) is 2. The number of nitrogens with one attached hydrogen (secondary N) is 2. The van der Waals surface area contributed by atoms with Crippen LogP contribution in [0, 0.1) is 11.3 Å². The number of benzene rings is 1. The summed E-state index contributed by atoms with van der Waals surface area (Å²) in [4.78, 5) is 13.7. The van der Waals surface area contributed by atoms with Crippen LogP contribution in [0.5, 0.6) is 5.75 Å². The van der Waals surface area contributed by atoms with E-state index < -0.39 is 0 Å². The lowest BCUT2D eigenvalue weighted by molar-refractivity contribution is 0.0977. The Bertz CT molecular complexity index is 929. The monoisotopic (exact) mass is 441 g/mol. The number of hydrogen-bond acceptors (Lipinski definition) is 5. The zero-order valence-electron chi connectivity index (χ0n) is 17.3. The number of rotatable bonds is 9. The molecule has 7 heteroatoms. The summed E-state index contributed by atoms with van der Waals surface area (Å²) >= 11 is 6.83. The van der Waals surface area contributed by atoms with E-state index in [9.17, 15) is 10.1 Å². The highest BCUT2D eigenvalue weighted by atomic mass is 32.1. The van der Waals surface area contributed by atoms with Crippen LogP contribution in [0.25, 0.3) is 0 Å². The lowest BCUT2D eigenvalue weighted by Gasteiger charge is -2.10. The average molecular weight is 442 g/mol. The van der Waals surface area contributed by atoms with E-state index in [1.165, 1.54) is 30.6 Å². The Balaban J connectivity index is 1.48. The zero-order chi connectivity index (χ0) is 21.3. The van der Waals surface area contributed by atoms with Crippen molar-refractivity contribution in [1.82, 2.24) is 5.32 Å². The number of carbonyl (C=O) groups is 1. The molecule has 0 radical (unpaired) electrons. The fourth-order valence-corrected chi connectivity index (χ4v) is 5.02. The standard InChI is InChI=1S/C23H27N3O2S2/c1-2-3-4-5-6-14-28-17-12-10-16(11-13-17)21(27)25-23(29)26-22-19(15-24)18-8-7-9-20(18)30-22/h10-13H,2-9,14H2,1H3,(H2,25,26,27,29). The highest BCUT2D eigenvalue weighted by Gasteiger charge is 2.22. The van der Waals surface area contributed by atoms with Crippen molar-refractivity contribution in [3.05, 3.63) is 45.8 Å². The predicted molar refractivity (Wildman–Crippen MR) is 125 cm³/mol. The Labute approximate surface area is 187 Å². The van der Waals surface area contributed by atoms with Crippen molar-refractivity contribution in [1.29, 1.82) is 5.26 Å². The molecule has 0 bridgehead atoms. The van der Waals surface area contributed by atoms with Gasteiger partial charge in [-0.15, -0.1) is 11.3 Å². The second-order valence-electron chi connectivity index (χ2n) is 7.37. The molecule has 0 unspecified atom stereocenters. The maximum atomic E-state index is 12.5. The van der Waals surface area contributed by atoms with Gasteiger partial charge in [-0.1, -0.05) is 32.6 Å². The van der Waals surface area contributed by atoms with E-state index in [1.54, 1.807) is 35.6 Å². The number of ether oxygens (including phenoxy) is 1. The van der Waals surface area contributed by atoms with Crippen molar-refractivity contribution in [3.8, 4) is 11.8 Å². The maximum Gasteiger partial charge on any atom is 0.257 e. The highest BCUT2D eigenvalue weighted by Crippen LogP contribution is 2.38. The van der Waals surface area contributed by atoms with E-state index in [0.29, 0.717) is 17.7 Å². The number of thiocarbonyl (C=S) groups is 1. The average Bonchev–Trinajstić information content (AvgIpc) is 3.31. The molecule has 0 saturated heterocycles. The molecule has 1 aromatic heterocycles. The number of fused-ring (bicyclic) bond motifs is 1. The summed E-state index contributed by atoms with van der Waals surface area (Å²) in [6.45, 7) is 2.89. The predicted octanol–water partition coefficient (Wildman–Crippen LogP) is 5.58. The van der Waals surface area contributed by atoms with Crippen LogP contribution in [-0.2, 0) is 12.8 Å². The van der Waals surface area contributed by atoms with Crippen molar-refractivity contribution < 1.29 is 9.53 Å². The van der Waals surface area contributed by atoms with Crippen LogP contribution >= 0.6 is 23.6 Å². The molecular weight excluding hydrogens is 414 g/mol. The Morgan fingerprint density at radius 3 is 2.70 bits per heavy atom. The van der Waals surface area contributed by atoms with Gasteiger partial charge in [0.05, 0.1) is 12.2 Å². The van der Waals surface area contributed by atoms with Crippen LogP contribution in [0.4, 0.5) is 5.00 Å². The molecule has 0 spiro atoms. The third-order valence-corrected chi connectivity index (χ3v) is 6.53. The number of thiophene rings is 1. The van der Waals surface area contributed by atoms with E-state index >= 15 is 0 Å². The SMILES string of the molecule is CCCCCCCOc1ccc(C(=O)NC(=S)Nc2sc3c(c2C#N)CCC3)cc1. The number of nitrogens with zero attached hydrogens (tertiary/aromatic N) is 1. The van der Waals surface area contributed by atoms with E-state index in [-0.39, 0.29) is 11.0 Å². The summed E-state index contributed by atoms with van der Waals surface area (Å²) in [7, 11) is 0. The van der Waals surface area contributed by atoms with Gasteiger partial charge in [0.15, 0.2) is 5.11 Å². The van der Waals surface area contributed by atoms with Gasteiger partial charge in [-0.3, -0.25) is 10.1 Å². The van der Waals surface area contributed by atoms with E-state index in [2.05, 4.69) is 23.6 Å². The number of nitriles is 1. The first-order valence-corrected chi connectivity index (χ1v) is 11.7. The molecule has 1 amide bonds. The van der Waals surface area contributed by atoms with Crippen LogP contribution in [-0.4, -0.2) is 17.6 Å². The molecule has 30 heavy (non-hydrogen) atoms. The molecule has 1 heterocycles. The maximum absolute atomic E-state index is 12.5. The molecule has 2 aromatic rings. The summed E-state index contributed by atoms with van der Waals surface area (Å²) < 4.78 is 5.74. The second kappa shape index (κ2) is 11.1. The van der Waals surface area contributed by atoms with Gasteiger partial charge in [0, 0.05) is 10.4 Å². The molecule has 0 atom stereocenters. The van der Waals surface area contributed by atoms with Gasteiger partial charge >= 0.3 is 0 Å². The zero-order valence-corrected chi connectivity index (χ0v) is 18.9. The third kappa shape index (κ3) is 5.80. The minimum atomic E-state index is -0.291. The quantitative estimate of drug-likeness (QED) is 0.392. The van der Waals surface area contributed by atoms with Crippen molar-refractivity contribution >= 4 is 39.6 Å². The van der Waals surface area contributed by atoms with Gasteiger partial charge in [-0.25, -0.2) is 0 Å². The molecule has 2 N–H and O–H groups in total. The fourth-order valence-electron chi connectivity index (χ4n) is 3.52. The van der Waals surface area contributed by atoms with Crippen LogP contribution in [0.15, 0.2) is 24.3 Å². The molecule has 0 fully saturated rings. The summed E-state index contributed by atoms with van der Waals surface area (Å²) in [5.74, 6) is 0.468. The lowest BCUT2D eigenvalue weighted by Crippen LogP contribution is -2.34. The van der Waals surface area contributed by atoms with Crippen molar-refractivity contribution in [3.63, 3.8) is 0 Å². The van der Waals surface area contributed by atoms with Crippen molar-refractivity contribution in [2.45, 2.75) is 58.3 Å².